The summed E-state index contributed by atoms with van der Waals surface area (Å²) >= 11 is 1.39. The van der Waals surface area contributed by atoms with E-state index in [1.807, 2.05) is 6.92 Å². The van der Waals surface area contributed by atoms with Crippen LogP contribution in [0.15, 0.2) is 29.4 Å². The number of nitrogens with one attached hydrogen (secondary N) is 1. The molecule has 1 aromatic carbocycles. The first-order valence-electron chi connectivity index (χ1n) is 8.51. The second-order valence-corrected chi connectivity index (χ2v) is 7.52. The molecule has 1 N–H and O–H groups in total. The van der Waals surface area contributed by atoms with E-state index in [0.717, 1.165) is 17.5 Å². The summed E-state index contributed by atoms with van der Waals surface area (Å²) in [5.41, 5.74) is 1.06. The molecule has 25 heavy (non-hydrogen) atoms. The van der Waals surface area contributed by atoms with Gasteiger partial charge in [-0.3, -0.25) is 9.59 Å². The topological polar surface area (TPSA) is 76.9 Å². The normalized spacial score (nSPS) is 15.0. The van der Waals surface area contributed by atoms with Crippen LogP contribution in [0.1, 0.15) is 55.7 Å². The van der Waals surface area contributed by atoms with E-state index in [1.54, 1.807) is 24.3 Å². The van der Waals surface area contributed by atoms with Crippen LogP contribution in [0.5, 0.6) is 0 Å². The highest BCUT2D eigenvalue weighted by Crippen LogP contribution is 2.40. The molecule has 0 aliphatic heterocycles. The number of rotatable bonds is 7. The number of hydrogen-bond donors (Lipinski definition) is 1. The molecule has 1 atom stereocenters. The summed E-state index contributed by atoms with van der Waals surface area (Å²) in [7, 11) is 0. The highest BCUT2D eigenvalue weighted by Gasteiger charge is 2.30. The first-order chi connectivity index (χ1) is 12.0. The quantitative estimate of drug-likeness (QED) is 0.605. The number of thioether (sulfide) groups is 1. The zero-order valence-electron chi connectivity index (χ0n) is 14.7. The van der Waals surface area contributed by atoms with Crippen LogP contribution < -0.4 is 5.32 Å². The van der Waals surface area contributed by atoms with Crippen molar-refractivity contribution >= 4 is 29.1 Å². The summed E-state index contributed by atoms with van der Waals surface area (Å²) in [6, 6.07) is 7.04. The highest BCUT2D eigenvalue weighted by molar-refractivity contribution is 8.00. The molecular weight excluding hydrogens is 336 g/mol. The summed E-state index contributed by atoms with van der Waals surface area (Å²) in [6.45, 7) is 6.18. The van der Waals surface area contributed by atoms with Crippen LogP contribution in [0.25, 0.3) is 0 Å². The Bertz CT molecular complexity index is 798. The fourth-order valence-corrected chi connectivity index (χ4v) is 3.59. The van der Waals surface area contributed by atoms with E-state index in [9.17, 15) is 9.59 Å². The number of ketones is 1. The molecule has 132 valence electrons. The second-order valence-electron chi connectivity index (χ2n) is 6.21. The lowest BCUT2D eigenvalue weighted by atomic mass is 10.1. The molecule has 1 heterocycles. The third kappa shape index (κ3) is 3.92. The molecule has 6 nitrogen and oxygen atoms in total. The maximum Gasteiger partial charge on any atom is 0.237 e. The number of carbonyl (C=O) groups is 2. The molecule has 1 amide bonds. The summed E-state index contributed by atoms with van der Waals surface area (Å²) < 4.78 is 2.09. The maximum atomic E-state index is 12.5. The number of benzene rings is 1. The largest absolute Gasteiger partial charge is 0.324 e. The van der Waals surface area contributed by atoms with E-state index >= 15 is 0 Å². The van der Waals surface area contributed by atoms with Crippen LogP contribution >= 0.6 is 11.8 Å². The zero-order valence-corrected chi connectivity index (χ0v) is 15.5. The Balaban J connectivity index is 1.70. The van der Waals surface area contributed by atoms with Gasteiger partial charge in [0.25, 0.3) is 0 Å². The molecule has 1 saturated carbocycles. The van der Waals surface area contributed by atoms with Gasteiger partial charge in [-0.2, -0.15) is 0 Å². The van der Waals surface area contributed by atoms with E-state index in [1.165, 1.54) is 31.5 Å². The van der Waals surface area contributed by atoms with E-state index in [0.29, 0.717) is 17.2 Å². The van der Waals surface area contributed by atoms with E-state index < -0.39 is 0 Å². The number of aromatic nitrogens is 3. The fraction of sp³-hybridized carbons (Fsp3) is 0.444. The monoisotopic (exact) mass is 358 g/mol. The molecule has 3 rings (SSSR count). The third-order valence-corrected chi connectivity index (χ3v) is 5.30. The third-order valence-electron chi connectivity index (χ3n) is 4.22. The van der Waals surface area contributed by atoms with Crippen molar-refractivity contribution in [2.24, 2.45) is 0 Å². The van der Waals surface area contributed by atoms with Crippen molar-refractivity contribution in [1.82, 2.24) is 14.8 Å². The van der Waals surface area contributed by atoms with Crippen molar-refractivity contribution in [2.75, 3.05) is 5.32 Å². The van der Waals surface area contributed by atoms with Crippen LogP contribution in [0.3, 0.4) is 0 Å². The number of hydrogen-bond acceptors (Lipinski definition) is 5. The minimum absolute atomic E-state index is 0.0731. The molecule has 1 fully saturated rings. The van der Waals surface area contributed by atoms with Gasteiger partial charge >= 0.3 is 0 Å². The van der Waals surface area contributed by atoms with E-state index in [-0.39, 0.29) is 16.9 Å². The summed E-state index contributed by atoms with van der Waals surface area (Å²) in [4.78, 5) is 24.2. The fourth-order valence-electron chi connectivity index (χ4n) is 2.67. The Morgan fingerprint density at radius 1 is 1.32 bits per heavy atom. The van der Waals surface area contributed by atoms with Crippen molar-refractivity contribution < 1.29 is 9.59 Å². The van der Waals surface area contributed by atoms with Gasteiger partial charge in [0.05, 0.1) is 10.9 Å². The Kier molecular flexibility index (Phi) is 5.22. The molecular formula is C18H22N4O2S. The molecule has 7 heteroatoms. The number of anilines is 1. The summed E-state index contributed by atoms with van der Waals surface area (Å²) in [6.07, 6.45) is 2.33. The molecule has 1 aromatic heterocycles. The maximum absolute atomic E-state index is 12.5. The first-order valence-corrected chi connectivity index (χ1v) is 9.39. The van der Waals surface area contributed by atoms with Gasteiger partial charge in [0.1, 0.15) is 5.82 Å². The van der Waals surface area contributed by atoms with Crippen LogP contribution in [0.2, 0.25) is 0 Å². The predicted octanol–water partition coefficient (Wildman–Crippen LogP) is 3.50. The van der Waals surface area contributed by atoms with Crippen molar-refractivity contribution in [3.63, 3.8) is 0 Å². The van der Waals surface area contributed by atoms with Gasteiger partial charge in [-0.25, -0.2) is 0 Å². The van der Waals surface area contributed by atoms with Gasteiger partial charge in [-0.1, -0.05) is 23.9 Å². The first kappa shape index (κ1) is 17.7. The van der Waals surface area contributed by atoms with Gasteiger partial charge in [0.2, 0.25) is 5.91 Å². The van der Waals surface area contributed by atoms with Gasteiger partial charge in [0.15, 0.2) is 10.9 Å². The zero-order chi connectivity index (χ0) is 18.0. The number of Topliss-reactive ketones (excluding diaryl/α,β-unsaturated/α-hetero) is 1. The van der Waals surface area contributed by atoms with Crippen molar-refractivity contribution in [1.29, 1.82) is 0 Å². The number of carbonyl (C=O) groups excluding carboxylic acids is 2. The molecule has 1 aliphatic carbocycles. The smallest absolute Gasteiger partial charge is 0.237 e. The van der Waals surface area contributed by atoms with Crippen molar-refractivity contribution in [3.05, 3.63) is 35.7 Å². The Morgan fingerprint density at radius 3 is 2.68 bits per heavy atom. The minimum Gasteiger partial charge on any atom is -0.324 e. The summed E-state index contributed by atoms with van der Waals surface area (Å²) in [5, 5.41) is 11.8. The highest BCUT2D eigenvalue weighted by atomic mass is 32.2. The van der Waals surface area contributed by atoms with Crippen LogP contribution in [0, 0.1) is 0 Å². The predicted molar refractivity (Wildman–Crippen MR) is 98.1 cm³/mol. The van der Waals surface area contributed by atoms with E-state index in [4.69, 9.17) is 0 Å². The lowest BCUT2D eigenvalue weighted by Gasteiger charge is -2.14. The van der Waals surface area contributed by atoms with Crippen LogP contribution in [-0.2, 0) is 11.3 Å². The molecule has 2 aromatic rings. The van der Waals surface area contributed by atoms with E-state index in [2.05, 4.69) is 27.0 Å². The SMILES string of the molecule is CCn1c(S[C@@H](C)C(=O)Nc2ccccc2C(C)=O)nnc1C1CC1. The average molecular weight is 358 g/mol. The van der Waals surface area contributed by atoms with Gasteiger partial charge < -0.3 is 9.88 Å². The molecule has 0 radical (unpaired) electrons. The molecule has 0 saturated heterocycles. The molecule has 0 spiro atoms. The lowest BCUT2D eigenvalue weighted by molar-refractivity contribution is -0.115. The molecule has 1 aliphatic rings. The Morgan fingerprint density at radius 2 is 2.04 bits per heavy atom. The second kappa shape index (κ2) is 7.39. The Labute approximate surface area is 151 Å². The van der Waals surface area contributed by atoms with Crippen LogP contribution in [-0.4, -0.2) is 31.7 Å². The van der Waals surface area contributed by atoms with Crippen LogP contribution in [0.4, 0.5) is 5.69 Å². The van der Waals surface area contributed by atoms with Gasteiger partial charge in [-0.15, -0.1) is 10.2 Å². The molecule has 0 unspecified atom stereocenters. The lowest BCUT2D eigenvalue weighted by Crippen LogP contribution is -2.24. The summed E-state index contributed by atoms with van der Waals surface area (Å²) in [5.74, 6) is 1.32. The van der Waals surface area contributed by atoms with Gasteiger partial charge in [-0.05, 0) is 45.7 Å². The van der Waals surface area contributed by atoms with Crippen molar-refractivity contribution in [2.45, 2.75) is 56.5 Å². The Hall–Kier alpha value is -2.15. The number of para-hydroxylation sites is 1. The molecule has 0 bridgehead atoms. The average Bonchev–Trinajstić information content (AvgIpc) is 3.36. The van der Waals surface area contributed by atoms with Gasteiger partial charge in [0, 0.05) is 18.0 Å². The number of amides is 1. The number of nitrogens with zero attached hydrogens (tertiary/aromatic N) is 3. The van der Waals surface area contributed by atoms with Crippen molar-refractivity contribution in [3.8, 4) is 0 Å². The minimum atomic E-state index is -0.346. The standard InChI is InChI=1S/C18H22N4O2S/c1-4-22-16(13-9-10-13)20-21-18(22)25-12(3)17(24)19-15-8-6-5-7-14(15)11(2)23/h5-8,12-13H,4,9-10H2,1-3H3,(H,19,24)/t12-/m0/s1.